The summed E-state index contributed by atoms with van der Waals surface area (Å²) in [4.78, 5) is 11.8. The largest absolute Gasteiger partial charge is 0.460 e. The molecule has 2 rings (SSSR count). The van der Waals surface area contributed by atoms with Crippen molar-refractivity contribution >= 4 is 15.8 Å². The van der Waals surface area contributed by atoms with Crippen LogP contribution in [0.5, 0.6) is 0 Å². The SMILES string of the molecule is CC(C)(C)[C@H]1OC(=O)CC[C@H]1S(=O)(=O)c1ccccc1. The first-order valence-corrected chi connectivity index (χ1v) is 8.26. The molecular weight excluding hydrogens is 276 g/mol. The second-order valence-electron chi connectivity index (χ2n) is 6.21. The average Bonchev–Trinajstić information content (AvgIpc) is 2.38. The summed E-state index contributed by atoms with van der Waals surface area (Å²) in [5.41, 5.74) is -0.414. The lowest BCUT2D eigenvalue weighted by molar-refractivity contribution is -0.159. The topological polar surface area (TPSA) is 60.4 Å². The molecule has 0 N–H and O–H groups in total. The fourth-order valence-electron chi connectivity index (χ4n) is 2.53. The van der Waals surface area contributed by atoms with E-state index < -0.39 is 26.6 Å². The van der Waals surface area contributed by atoms with E-state index in [1.807, 2.05) is 20.8 Å². The Morgan fingerprint density at radius 3 is 2.30 bits per heavy atom. The number of sulfone groups is 1. The fourth-order valence-corrected chi connectivity index (χ4v) is 4.63. The van der Waals surface area contributed by atoms with Crippen molar-refractivity contribution in [2.45, 2.75) is 49.9 Å². The summed E-state index contributed by atoms with van der Waals surface area (Å²) in [6, 6.07) is 8.36. The van der Waals surface area contributed by atoms with Crippen molar-refractivity contribution < 1.29 is 17.9 Å². The number of ether oxygens (including phenoxy) is 1. The third-order valence-corrected chi connectivity index (χ3v) is 5.76. The van der Waals surface area contributed by atoms with Crippen molar-refractivity contribution in [3.63, 3.8) is 0 Å². The molecule has 0 amide bonds. The maximum Gasteiger partial charge on any atom is 0.306 e. The van der Waals surface area contributed by atoms with Gasteiger partial charge in [0.25, 0.3) is 0 Å². The Hall–Kier alpha value is -1.36. The number of carbonyl (C=O) groups excluding carboxylic acids is 1. The Labute approximate surface area is 120 Å². The third kappa shape index (κ3) is 2.87. The van der Waals surface area contributed by atoms with Gasteiger partial charge < -0.3 is 4.74 Å². The molecule has 1 fully saturated rings. The van der Waals surface area contributed by atoms with Crippen molar-refractivity contribution in [2.24, 2.45) is 5.41 Å². The molecule has 1 aliphatic heterocycles. The lowest BCUT2D eigenvalue weighted by Crippen LogP contribution is -2.48. The number of carbonyl (C=O) groups is 1. The Balaban J connectivity index is 2.41. The minimum Gasteiger partial charge on any atom is -0.460 e. The van der Waals surface area contributed by atoms with E-state index in [0.29, 0.717) is 6.42 Å². The lowest BCUT2D eigenvalue weighted by Gasteiger charge is -2.38. The van der Waals surface area contributed by atoms with Crippen LogP contribution in [-0.2, 0) is 19.4 Å². The maximum atomic E-state index is 12.8. The van der Waals surface area contributed by atoms with Crippen LogP contribution >= 0.6 is 0 Å². The number of benzene rings is 1. The standard InChI is InChI=1S/C15H20O4S/c1-15(2,3)14-12(9-10-13(16)19-14)20(17,18)11-7-5-4-6-8-11/h4-8,12,14H,9-10H2,1-3H3/t12-,14+/m1/s1. The highest BCUT2D eigenvalue weighted by atomic mass is 32.2. The summed E-state index contributed by atoms with van der Waals surface area (Å²) in [7, 11) is -3.49. The van der Waals surface area contributed by atoms with Gasteiger partial charge in [-0.1, -0.05) is 39.0 Å². The molecule has 110 valence electrons. The number of rotatable bonds is 2. The van der Waals surface area contributed by atoms with Crippen LogP contribution in [0.2, 0.25) is 0 Å². The molecule has 0 aliphatic carbocycles. The van der Waals surface area contributed by atoms with Crippen LogP contribution in [0.4, 0.5) is 0 Å². The molecule has 0 radical (unpaired) electrons. The van der Waals surface area contributed by atoms with Gasteiger partial charge in [0.05, 0.1) is 4.90 Å². The molecule has 1 saturated heterocycles. The van der Waals surface area contributed by atoms with Crippen LogP contribution in [0, 0.1) is 5.41 Å². The molecule has 0 spiro atoms. The molecule has 0 aromatic heterocycles. The van der Waals surface area contributed by atoms with Gasteiger partial charge in [-0.3, -0.25) is 4.79 Å². The van der Waals surface area contributed by atoms with Crippen LogP contribution in [0.3, 0.4) is 0 Å². The van der Waals surface area contributed by atoms with E-state index in [2.05, 4.69) is 0 Å². The van der Waals surface area contributed by atoms with Crippen molar-refractivity contribution in [3.05, 3.63) is 30.3 Å². The third-order valence-electron chi connectivity index (χ3n) is 3.55. The molecule has 2 atom stereocenters. The van der Waals surface area contributed by atoms with E-state index in [0.717, 1.165) is 0 Å². The second-order valence-corrected chi connectivity index (χ2v) is 8.38. The average molecular weight is 296 g/mol. The predicted molar refractivity (Wildman–Crippen MR) is 76.0 cm³/mol. The highest BCUT2D eigenvalue weighted by Crippen LogP contribution is 2.36. The molecule has 1 aromatic rings. The molecule has 0 bridgehead atoms. The first-order chi connectivity index (χ1) is 9.23. The van der Waals surface area contributed by atoms with Crippen molar-refractivity contribution in [1.29, 1.82) is 0 Å². The molecule has 5 heteroatoms. The second kappa shape index (κ2) is 5.20. The summed E-state index contributed by atoms with van der Waals surface area (Å²) < 4.78 is 30.9. The van der Waals surface area contributed by atoms with Crippen LogP contribution in [0.1, 0.15) is 33.6 Å². The first kappa shape index (κ1) is 15.0. The van der Waals surface area contributed by atoms with Gasteiger partial charge in [0.15, 0.2) is 9.84 Å². The molecule has 1 aliphatic rings. The summed E-state index contributed by atoms with van der Waals surface area (Å²) in [5.74, 6) is -0.315. The van der Waals surface area contributed by atoms with E-state index in [4.69, 9.17) is 4.74 Å². The van der Waals surface area contributed by atoms with Gasteiger partial charge in [-0.2, -0.15) is 0 Å². The highest BCUT2D eigenvalue weighted by molar-refractivity contribution is 7.92. The normalized spacial score (nSPS) is 24.2. The number of cyclic esters (lactones) is 1. The Bertz CT molecular complexity index is 584. The first-order valence-electron chi connectivity index (χ1n) is 6.71. The highest BCUT2D eigenvalue weighted by Gasteiger charge is 2.46. The molecule has 0 unspecified atom stereocenters. The number of hydrogen-bond donors (Lipinski definition) is 0. The number of hydrogen-bond acceptors (Lipinski definition) is 4. The zero-order valence-electron chi connectivity index (χ0n) is 12.0. The monoisotopic (exact) mass is 296 g/mol. The minimum atomic E-state index is -3.49. The summed E-state index contributed by atoms with van der Waals surface area (Å²) in [6.45, 7) is 5.68. The van der Waals surface area contributed by atoms with Crippen LogP contribution in [0.15, 0.2) is 35.2 Å². The van der Waals surface area contributed by atoms with Gasteiger partial charge in [0.1, 0.15) is 11.4 Å². The van der Waals surface area contributed by atoms with E-state index in [1.165, 1.54) is 0 Å². The lowest BCUT2D eigenvalue weighted by atomic mass is 9.84. The molecule has 0 saturated carbocycles. The van der Waals surface area contributed by atoms with Gasteiger partial charge in [-0.05, 0) is 18.6 Å². The zero-order valence-corrected chi connectivity index (χ0v) is 12.8. The molecule has 1 heterocycles. The van der Waals surface area contributed by atoms with Crippen LogP contribution in [-0.4, -0.2) is 25.7 Å². The van der Waals surface area contributed by atoms with Crippen LogP contribution < -0.4 is 0 Å². The molecular formula is C15H20O4S. The zero-order chi connectivity index (χ0) is 15.0. The van der Waals surface area contributed by atoms with Gasteiger partial charge in [0.2, 0.25) is 0 Å². The van der Waals surface area contributed by atoms with Gasteiger partial charge >= 0.3 is 5.97 Å². The van der Waals surface area contributed by atoms with E-state index >= 15 is 0 Å². The fraction of sp³-hybridized carbons (Fsp3) is 0.533. The van der Waals surface area contributed by atoms with Gasteiger partial charge in [-0.15, -0.1) is 0 Å². The van der Waals surface area contributed by atoms with Crippen LogP contribution in [0.25, 0.3) is 0 Å². The summed E-state index contributed by atoms with van der Waals surface area (Å²) >= 11 is 0. The summed E-state index contributed by atoms with van der Waals surface area (Å²) in [5, 5.41) is -0.678. The van der Waals surface area contributed by atoms with Gasteiger partial charge in [-0.25, -0.2) is 8.42 Å². The van der Waals surface area contributed by atoms with E-state index in [9.17, 15) is 13.2 Å². The Morgan fingerprint density at radius 2 is 1.75 bits per heavy atom. The quantitative estimate of drug-likeness (QED) is 0.787. The predicted octanol–water partition coefficient (Wildman–Crippen LogP) is 2.58. The minimum absolute atomic E-state index is 0.156. The molecule has 1 aromatic carbocycles. The summed E-state index contributed by atoms with van der Waals surface area (Å²) in [6.07, 6.45) is -0.143. The number of esters is 1. The Morgan fingerprint density at radius 1 is 1.15 bits per heavy atom. The van der Waals surface area contributed by atoms with Crippen molar-refractivity contribution in [1.82, 2.24) is 0 Å². The Kier molecular flexibility index (Phi) is 3.91. The van der Waals surface area contributed by atoms with E-state index in [1.54, 1.807) is 30.3 Å². The van der Waals surface area contributed by atoms with Crippen molar-refractivity contribution in [3.8, 4) is 0 Å². The molecule has 4 nitrogen and oxygen atoms in total. The van der Waals surface area contributed by atoms with Crippen molar-refractivity contribution in [2.75, 3.05) is 0 Å². The molecule has 20 heavy (non-hydrogen) atoms. The van der Waals surface area contributed by atoms with E-state index in [-0.39, 0.29) is 17.3 Å². The smallest absolute Gasteiger partial charge is 0.306 e. The van der Waals surface area contributed by atoms with Gasteiger partial charge in [0, 0.05) is 11.8 Å². The maximum absolute atomic E-state index is 12.8.